The van der Waals surface area contributed by atoms with Crippen molar-refractivity contribution in [2.75, 3.05) is 11.3 Å². The van der Waals surface area contributed by atoms with Crippen molar-refractivity contribution >= 4 is 15.7 Å². The summed E-state index contributed by atoms with van der Waals surface area (Å²) in [5, 5.41) is 0. The minimum Gasteiger partial charge on any atom is -0.406 e. The van der Waals surface area contributed by atoms with Crippen LogP contribution in [-0.2, 0) is 36.0 Å². The number of rotatable bonds is 11. The Morgan fingerprint density at radius 2 is 1.67 bits per heavy atom. The van der Waals surface area contributed by atoms with Crippen molar-refractivity contribution in [2.24, 2.45) is 0 Å². The molecule has 0 atom stereocenters. The van der Waals surface area contributed by atoms with Crippen LogP contribution in [-0.4, -0.2) is 26.2 Å². The molecule has 0 saturated carbocycles. The standard InChI is InChI=1S/C29H32F4N2O3S/c1-2-3-4-5-6-21-9-14-28(27(30)17-21)34-39(36,37)26-13-10-24-20-35(16-15-23(24)18-26)19-22-7-11-25(12-8-22)38-29(31,32)33/h7-14,17-18,34H,2-6,15-16,19-20H2,1H3. The molecule has 1 heterocycles. The highest BCUT2D eigenvalue weighted by Crippen LogP contribution is 2.27. The second-order valence-electron chi connectivity index (χ2n) is 9.81. The van der Waals surface area contributed by atoms with Gasteiger partial charge in [-0.1, -0.05) is 50.5 Å². The SMILES string of the molecule is CCCCCCc1ccc(NS(=O)(=O)c2ccc3c(c2)CCN(Cc2ccc(OC(F)(F)F)cc2)C3)c(F)c1. The van der Waals surface area contributed by atoms with Crippen LogP contribution in [0.5, 0.6) is 5.75 Å². The van der Waals surface area contributed by atoms with Gasteiger partial charge in [0, 0.05) is 19.6 Å². The number of benzene rings is 3. The summed E-state index contributed by atoms with van der Waals surface area (Å²) in [6.45, 7) is 3.88. The number of sulfonamides is 1. The Kier molecular flexibility index (Phi) is 9.17. The summed E-state index contributed by atoms with van der Waals surface area (Å²) in [4.78, 5) is 2.20. The minimum atomic E-state index is -4.73. The highest BCUT2D eigenvalue weighted by Gasteiger charge is 2.31. The molecule has 1 aliphatic rings. The third kappa shape index (κ3) is 8.19. The second-order valence-corrected chi connectivity index (χ2v) is 11.5. The molecule has 10 heteroatoms. The molecule has 0 spiro atoms. The zero-order valence-corrected chi connectivity index (χ0v) is 22.5. The number of aryl methyl sites for hydroxylation is 1. The lowest BCUT2D eigenvalue weighted by Gasteiger charge is -2.29. The molecule has 3 aromatic carbocycles. The van der Waals surface area contributed by atoms with Crippen molar-refractivity contribution < 1.29 is 30.7 Å². The van der Waals surface area contributed by atoms with E-state index < -0.39 is 22.2 Å². The maximum Gasteiger partial charge on any atom is 0.573 e. The second kappa shape index (κ2) is 12.4. The smallest absolute Gasteiger partial charge is 0.406 e. The van der Waals surface area contributed by atoms with Gasteiger partial charge in [-0.05, 0) is 77.9 Å². The number of nitrogens with zero attached hydrogens (tertiary/aromatic N) is 1. The van der Waals surface area contributed by atoms with Crippen LogP contribution in [0.4, 0.5) is 23.2 Å². The first-order valence-electron chi connectivity index (χ1n) is 13.0. The third-order valence-electron chi connectivity index (χ3n) is 6.74. The Bertz CT molecular complexity index is 1380. The maximum atomic E-state index is 14.7. The molecule has 0 aromatic heterocycles. The molecule has 0 radical (unpaired) electrons. The normalized spacial score (nSPS) is 14.2. The summed E-state index contributed by atoms with van der Waals surface area (Å²) in [7, 11) is -3.98. The molecule has 5 nitrogen and oxygen atoms in total. The molecular formula is C29H32F4N2O3S. The van der Waals surface area contributed by atoms with Crippen LogP contribution in [0, 0.1) is 5.82 Å². The van der Waals surface area contributed by atoms with Crippen molar-refractivity contribution in [3.05, 3.63) is 88.7 Å². The fourth-order valence-electron chi connectivity index (χ4n) is 4.70. The first-order valence-corrected chi connectivity index (χ1v) is 14.5. The quantitative estimate of drug-likeness (QED) is 0.198. The fourth-order valence-corrected chi connectivity index (χ4v) is 5.82. The first kappa shape index (κ1) is 28.9. The summed E-state index contributed by atoms with van der Waals surface area (Å²) < 4.78 is 84.1. The number of hydrogen-bond donors (Lipinski definition) is 1. The Hall–Kier alpha value is -3.11. The van der Waals surface area contributed by atoms with Crippen molar-refractivity contribution in [3.63, 3.8) is 0 Å². The Balaban J connectivity index is 1.37. The first-order chi connectivity index (χ1) is 18.5. The molecule has 0 aliphatic carbocycles. The average Bonchev–Trinajstić information content (AvgIpc) is 2.88. The zero-order chi connectivity index (χ0) is 28.0. The number of unbranched alkanes of at least 4 members (excludes halogenated alkanes) is 3. The van der Waals surface area contributed by atoms with E-state index in [1.54, 1.807) is 30.3 Å². The van der Waals surface area contributed by atoms with E-state index in [0.717, 1.165) is 54.4 Å². The van der Waals surface area contributed by atoms with Gasteiger partial charge in [0.25, 0.3) is 10.0 Å². The van der Waals surface area contributed by atoms with Crippen LogP contribution in [0.2, 0.25) is 0 Å². The Labute approximate surface area is 226 Å². The zero-order valence-electron chi connectivity index (χ0n) is 21.7. The molecule has 1 aliphatic heterocycles. The van der Waals surface area contributed by atoms with Crippen LogP contribution in [0.1, 0.15) is 54.9 Å². The molecule has 3 aromatic rings. The van der Waals surface area contributed by atoms with Crippen molar-refractivity contribution in [2.45, 2.75) is 69.8 Å². The van der Waals surface area contributed by atoms with Crippen LogP contribution >= 0.6 is 0 Å². The molecule has 0 fully saturated rings. The lowest BCUT2D eigenvalue weighted by Crippen LogP contribution is -2.30. The lowest BCUT2D eigenvalue weighted by molar-refractivity contribution is -0.274. The number of anilines is 1. The van der Waals surface area contributed by atoms with Gasteiger partial charge in [-0.3, -0.25) is 9.62 Å². The molecule has 4 rings (SSSR count). The maximum absolute atomic E-state index is 14.7. The van der Waals surface area contributed by atoms with Crippen LogP contribution in [0.3, 0.4) is 0 Å². The van der Waals surface area contributed by atoms with E-state index in [2.05, 4.69) is 21.3 Å². The van der Waals surface area contributed by atoms with E-state index >= 15 is 0 Å². The number of alkyl halides is 3. The van der Waals surface area contributed by atoms with Gasteiger partial charge in [0.05, 0.1) is 10.6 Å². The molecule has 39 heavy (non-hydrogen) atoms. The predicted octanol–water partition coefficient (Wildman–Crippen LogP) is 7.21. The number of nitrogens with one attached hydrogen (secondary N) is 1. The van der Waals surface area contributed by atoms with Gasteiger partial charge in [0.15, 0.2) is 0 Å². The van der Waals surface area contributed by atoms with Crippen LogP contribution in [0.25, 0.3) is 0 Å². The Morgan fingerprint density at radius 1 is 0.923 bits per heavy atom. The fraction of sp³-hybridized carbons (Fsp3) is 0.379. The van der Waals surface area contributed by atoms with Crippen LogP contribution in [0.15, 0.2) is 65.6 Å². The van der Waals surface area contributed by atoms with Gasteiger partial charge < -0.3 is 4.74 Å². The predicted molar refractivity (Wildman–Crippen MR) is 142 cm³/mol. The molecule has 0 saturated heterocycles. The van der Waals surface area contributed by atoms with Gasteiger partial charge in [-0.15, -0.1) is 13.2 Å². The molecule has 0 unspecified atom stereocenters. The van der Waals surface area contributed by atoms with E-state index in [0.29, 0.717) is 26.1 Å². The summed E-state index contributed by atoms with van der Waals surface area (Å²) in [5.74, 6) is -0.867. The van der Waals surface area contributed by atoms with Crippen LogP contribution < -0.4 is 9.46 Å². The molecule has 0 bridgehead atoms. The van der Waals surface area contributed by atoms with Crippen molar-refractivity contribution in [1.82, 2.24) is 4.90 Å². The topological polar surface area (TPSA) is 58.6 Å². The highest BCUT2D eigenvalue weighted by atomic mass is 32.2. The monoisotopic (exact) mass is 564 g/mol. The minimum absolute atomic E-state index is 0.0676. The van der Waals surface area contributed by atoms with E-state index in [1.807, 2.05) is 0 Å². The lowest BCUT2D eigenvalue weighted by atomic mass is 9.99. The van der Waals surface area contributed by atoms with E-state index in [4.69, 9.17) is 0 Å². The van der Waals surface area contributed by atoms with E-state index in [-0.39, 0.29) is 16.3 Å². The summed E-state index contributed by atoms with van der Waals surface area (Å²) in [6, 6.07) is 15.3. The van der Waals surface area contributed by atoms with E-state index in [9.17, 15) is 26.0 Å². The number of halogens is 4. The van der Waals surface area contributed by atoms with Crippen molar-refractivity contribution in [1.29, 1.82) is 0 Å². The number of fused-ring (bicyclic) bond motifs is 1. The van der Waals surface area contributed by atoms with Gasteiger partial charge in [-0.2, -0.15) is 0 Å². The van der Waals surface area contributed by atoms with Gasteiger partial charge >= 0.3 is 6.36 Å². The largest absolute Gasteiger partial charge is 0.573 e. The van der Waals surface area contributed by atoms with Gasteiger partial charge in [0.2, 0.25) is 0 Å². The molecule has 0 amide bonds. The number of ether oxygens (including phenoxy) is 1. The van der Waals surface area contributed by atoms with E-state index in [1.165, 1.54) is 30.3 Å². The summed E-state index contributed by atoms with van der Waals surface area (Å²) in [5.41, 5.74) is 3.46. The summed E-state index contributed by atoms with van der Waals surface area (Å²) in [6.07, 6.45) is 0.935. The average molecular weight is 565 g/mol. The molecule has 210 valence electrons. The van der Waals surface area contributed by atoms with Gasteiger partial charge in [-0.25, -0.2) is 12.8 Å². The summed E-state index contributed by atoms with van der Waals surface area (Å²) >= 11 is 0. The van der Waals surface area contributed by atoms with Gasteiger partial charge in [0.1, 0.15) is 11.6 Å². The number of hydrogen-bond acceptors (Lipinski definition) is 4. The Morgan fingerprint density at radius 3 is 2.36 bits per heavy atom. The third-order valence-corrected chi connectivity index (χ3v) is 8.10. The highest BCUT2D eigenvalue weighted by molar-refractivity contribution is 7.92. The molecule has 1 N–H and O–H groups in total. The molecular weight excluding hydrogens is 532 g/mol. The van der Waals surface area contributed by atoms with Crippen molar-refractivity contribution in [3.8, 4) is 5.75 Å².